The fourth-order valence-electron chi connectivity index (χ4n) is 3.41. The number of benzene rings is 2. The lowest BCUT2D eigenvalue weighted by Gasteiger charge is -2.18. The molecule has 164 valence electrons. The van der Waals surface area contributed by atoms with E-state index < -0.39 is 30.1 Å². The van der Waals surface area contributed by atoms with Crippen LogP contribution in [0.3, 0.4) is 0 Å². The highest BCUT2D eigenvalue weighted by Crippen LogP contribution is 2.44. The average molecular weight is 428 g/mol. The van der Waals surface area contributed by atoms with Crippen LogP contribution in [0.25, 0.3) is 11.1 Å². The molecule has 0 spiro atoms. The zero-order valence-electron chi connectivity index (χ0n) is 17.2. The molecule has 0 saturated carbocycles. The van der Waals surface area contributed by atoms with Crippen LogP contribution in [0, 0.1) is 0 Å². The summed E-state index contributed by atoms with van der Waals surface area (Å²) >= 11 is 0. The number of carbonyl (C=O) groups is 3. The molecule has 0 aliphatic heterocycles. The first kappa shape index (κ1) is 22.3. The Hall–Kier alpha value is -3.43. The summed E-state index contributed by atoms with van der Waals surface area (Å²) in [6.45, 7) is 1.29. The van der Waals surface area contributed by atoms with Crippen molar-refractivity contribution in [1.82, 2.24) is 10.8 Å². The number of hydroxylamine groups is 1. The van der Waals surface area contributed by atoms with Gasteiger partial charge >= 0.3 is 12.1 Å². The van der Waals surface area contributed by atoms with Crippen molar-refractivity contribution >= 4 is 18.0 Å². The van der Waals surface area contributed by atoms with E-state index in [1.165, 1.54) is 14.0 Å². The number of carbonyl (C=O) groups excluding carboxylic acids is 2. The van der Waals surface area contributed by atoms with Crippen LogP contribution >= 0.6 is 0 Å². The summed E-state index contributed by atoms with van der Waals surface area (Å²) in [5.74, 6) is -2.12. The van der Waals surface area contributed by atoms with Gasteiger partial charge in [0, 0.05) is 13.0 Å². The predicted molar refractivity (Wildman–Crippen MR) is 110 cm³/mol. The number of amides is 2. The van der Waals surface area contributed by atoms with E-state index in [0.717, 1.165) is 22.3 Å². The molecule has 9 heteroatoms. The van der Waals surface area contributed by atoms with E-state index >= 15 is 0 Å². The van der Waals surface area contributed by atoms with Gasteiger partial charge in [-0.25, -0.2) is 15.1 Å². The van der Waals surface area contributed by atoms with Gasteiger partial charge in [-0.2, -0.15) is 0 Å². The Balaban J connectivity index is 1.53. The molecule has 1 aliphatic rings. The van der Waals surface area contributed by atoms with E-state index in [9.17, 15) is 14.4 Å². The van der Waals surface area contributed by atoms with Crippen molar-refractivity contribution < 1.29 is 33.8 Å². The number of alkyl carbamates (subject to hydrolysis) is 1. The molecule has 0 fully saturated rings. The summed E-state index contributed by atoms with van der Waals surface area (Å²) in [4.78, 5) is 40.1. The highest BCUT2D eigenvalue weighted by Gasteiger charge is 2.29. The van der Waals surface area contributed by atoms with Crippen LogP contribution in [0.15, 0.2) is 48.5 Å². The monoisotopic (exact) mass is 428 g/mol. The SMILES string of the molecule is COCC(ONC(=O)C(C)NC(=O)OCC1c2ccccc2-c2ccccc21)C(=O)O. The van der Waals surface area contributed by atoms with Gasteiger partial charge in [-0.1, -0.05) is 48.5 Å². The van der Waals surface area contributed by atoms with Gasteiger partial charge in [0.15, 0.2) is 0 Å². The van der Waals surface area contributed by atoms with E-state index in [1.54, 1.807) is 0 Å². The maximum atomic E-state index is 12.2. The molecule has 0 aromatic heterocycles. The Morgan fingerprint density at radius 1 is 1.03 bits per heavy atom. The molecule has 0 radical (unpaired) electrons. The summed E-state index contributed by atoms with van der Waals surface area (Å²) in [5, 5.41) is 11.4. The van der Waals surface area contributed by atoms with Gasteiger partial charge in [-0.15, -0.1) is 0 Å². The Morgan fingerprint density at radius 3 is 2.16 bits per heavy atom. The first-order chi connectivity index (χ1) is 14.9. The van der Waals surface area contributed by atoms with Crippen LogP contribution in [0.1, 0.15) is 24.0 Å². The third-order valence-corrected chi connectivity index (χ3v) is 4.97. The molecular formula is C22H24N2O7. The smallest absolute Gasteiger partial charge is 0.407 e. The van der Waals surface area contributed by atoms with Gasteiger partial charge in [0.25, 0.3) is 5.91 Å². The molecule has 2 aromatic carbocycles. The highest BCUT2D eigenvalue weighted by molar-refractivity contribution is 5.85. The second-order valence-corrected chi connectivity index (χ2v) is 7.06. The minimum atomic E-state index is -1.37. The maximum absolute atomic E-state index is 12.2. The number of carboxylic acids is 1. The van der Waals surface area contributed by atoms with Gasteiger partial charge in [-0.05, 0) is 29.2 Å². The Bertz CT molecular complexity index is 917. The second-order valence-electron chi connectivity index (χ2n) is 7.06. The van der Waals surface area contributed by atoms with Crippen molar-refractivity contribution in [3.05, 3.63) is 59.7 Å². The van der Waals surface area contributed by atoms with Crippen molar-refractivity contribution in [2.24, 2.45) is 0 Å². The summed E-state index contributed by atoms with van der Waals surface area (Å²) in [6.07, 6.45) is -2.13. The standard InChI is InChI=1S/C22H24N2O7/c1-13(20(25)24-31-19(12-29-2)21(26)27)23-22(28)30-11-18-16-9-5-3-7-14(16)15-8-4-6-10-17(15)18/h3-10,13,18-19H,11-12H2,1-2H3,(H,23,28)(H,24,25)(H,26,27). The molecule has 0 heterocycles. The molecule has 31 heavy (non-hydrogen) atoms. The molecule has 0 saturated heterocycles. The fourth-order valence-corrected chi connectivity index (χ4v) is 3.41. The molecule has 2 aromatic rings. The lowest BCUT2D eigenvalue weighted by atomic mass is 9.98. The quantitative estimate of drug-likeness (QED) is 0.523. The van der Waals surface area contributed by atoms with Crippen LogP contribution in [0.4, 0.5) is 4.79 Å². The number of aliphatic carboxylic acids is 1. The summed E-state index contributed by atoms with van der Waals surface area (Å²) in [7, 11) is 1.31. The molecule has 3 N–H and O–H groups in total. The van der Waals surface area contributed by atoms with E-state index in [2.05, 4.69) is 5.32 Å². The number of hydrogen-bond donors (Lipinski definition) is 3. The lowest BCUT2D eigenvalue weighted by molar-refractivity contribution is -0.165. The average Bonchev–Trinajstić information content (AvgIpc) is 3.08. The normalized spacial score (nSPS) is 14.1. The summed E-state index contributed by atoms with van der Waals surface area (Å²) in [6, 6.07) is 14.9. The van der Waals surface area contributed by atoms with Crippen molar-refractivity contribution in [3.63, 3.8) is 0 Å². The summed E-state index contributed by atoms with van der Waals surface area (Å²) in [5.41, 5.74) is 6.39. The topological polar surface area (TPSA) is 123 Å². The number of fused-ring (bicyclic) bond motifs is 3. The number of hydrogen-bond acceptors (Lipinski definition) is 6. The van der Waals surface area contributed by atoms with Crippen LogP contribution < -0.4 is 10.8 Å². The van der Waals surface area contributed by atoms with Gasteiger partial charge in [0.2, 0.25) is 6.10 Å². The number of ether oxygens (including phenoxy) is 2. The number of methoxy groups -OCH3 is 1. The van der Waals surface area contributed by atoms with E-state index in [4.69, 9.17) is 19.4 Å². The van der Waals surface area contributed by atoms with Gasteiger partial charge in [-0.3, -0.25) is 9.63 Å². The first-order valence-corrected chi connectivity index (χ1v) is 9.71. The van der Waals surface area contributed by atoms with Gasteiger partial charge in [0.05, 0.1) is 6.61 Å². The van der Waals surface area contributed by atoms with Crippen LogP contribution in [0.5, 0.6) is 0 Å². The van der Waals surface area contributed by atoms with E-state index in [0.29, 0.717) is 0 Å². The van der Waals surface area contributed by atoms with Gasteiger partial charge < -0.3 is 19.9 Å². The molecule has 1 aliphatic carbocycles. The molecule has 3 rings (SSSR count). The second kappa shape index (κ2) is 10.1. The Labute approximate surface area is 179 Å². The van der Waals surface area contributed by atoms with E-state index in [-0.39, 0.29) is 19.1 Å². The highest BCUT2D eigenvalue weighted by atomic mass is 16.7. The van der Waals surface area contributed by atoms with Crippen LogP contribution in [0.2, 0.25) is 0 Å². The third-order valence-electron chi connectivity index (χ3n) is 4.97. The molecule has 2 atom stereocenters. The number of rotatable bonds is 9. The third kappa shape index (κ3) is 5.19. The molecule has 0 bridgehead atoms. The lowest BCUT2D eigenvalue weighted by Crippen LogP contribution is -2.47. The zero-order chi connectivity index (χ0) is 22.4. The first-order valence-electron chi connectivity index (χ1n) is 9.71. The van der Waals surface area contributed by atoms with Crippen molar-refractivity contribution in [3.8, 4) is 11.1 Å². The minimum Gasteiger partial charge on any atom is -0.479 e. The summed E-state index contributed by atoms with van der Waals surface area (Å²) < 4.78 is 10.1. The molecule has 2 unspecified atom stereocenters. The number of nitrogens with one attached hydrogen (secondary N) is 2. The minimum absolute atomic E-state index is 0.101. The van der Waals surface area contributed by atoms with Gasteiger partial charge in [0.1, 0.15) is 12.6 Å². The van der Waals surface area contributed by atoms with E-state index in [1.807, 2.05) is 54.0 Å². The molecule has 2 amide bonds. The Morgan fingerprint density at radius 2 is 1.61 bits per heavy atom. The zero-order valence-corrected chi connectivity index (χ0v) is 17.2. The van der Waals surface area contributed by atoms with Crippen LogP contribution in [-0.4, -0.2) is 55.5 Å². The Kier molecular flexibility index (Phi) is 7.22. The van der Waals surface area contributed by atoms with Crippen molar-refractivity contribution in [1.29, 1.82) is 0 Å². The predicted octanol–water partition coefficient (Wildman–Crippen LogP) is 2.06. The number of carboxylic acid groups (broad SMARTS) is 1. The largest absolute Gasteiger partial charge is 0.479 e. The molecular weight excluding hydrogens is 404 g/mol. The fraction of sp³-hybridized carbons (Fsp3) is 0.318. The van der Waals surface area contributed by atoms with Crippen LogP contribution in [-0.2, 0) is 23.9 Å². The molecule has 9 nitrogen and oxygen atoms in total. The maximum Gasteiger partial charge on any atom is 0.407 e. The van der Waals surface area contributed by atoms with Crippen molar-refractivity contribution in [2.75, 3.05) is 20.3 Å². The van der Waals surface area contributed by atoms with Crippen molar-refractivity contribution in [2.45, 2.75) is 25.0 Å².